The quantitative estimate of drug-likeness (QED) is 0.442. The van der Waals surface area contributed by atoms with Crippen molar-refractivity contribution in [3.8, 4) is 11.4 Å². The van der Waals surface area contributed by atoms with E-state index in [1.54, 1.807) is 24.3 Å². The minimum atomic E-state index is -0.452. The van der Waals surface area contributed by atoms with Crippen LogP contribution in [0.5, 0.6) is 0 Å². The number of hydrogen-bond acceptors (Lipinski definition) is 6. The SMILES string of the molecule is O=C(CCCNC(=O)c1ccc(Cl)cc1)OCc1nc(-c2ccc(F)cc2)no1. The smallest absolute Gasteiger partial charge is 0.306 e. The third kappa shape index (κ3) is 6.11. The third-order valence-electron chi connectivity index (χ3n) is 3.88. The molecule has 150 valence electrons. The van der Waals surface area contributed by atoms with Crippen molar-refractivity contribution in [1.29, 1.82) is 0 Å². The molecule has 0 aliphatic carbocycles. The maximum Gasteiger partial charge on any atom is 0.306 e. The zero-order chi connectivity index (χ0) is 20.6. The van der Waals surface area contributed by atoms with Gasteiger partial charge in [-0.3, -0.25) is 9.59 Å². The summed E-state index contributed by atoms with van der Waals surface area (Å²) in [5.74, 6) is -0.646. The Morgan fingerprint density at radius 3 is 2.55 bits per heavy atom. The van der Waals surface area contributed by atoms with Crippen molar-refractivity contribution in [2.24, 2.45) is 0 Å². The lowest BCUT2D eigenvalue weighted by Crippen LogP contribution is -2.24. The molecule has 1 heterocycles. The highest BCUT2D eigenvalue weighted by Crippen LogP contribution is 2.16. The summed E-state index contributed by atoms with van der Waals surface area (Å²) in [5.41, 5.74) is 1.08. The summed E-state index contributed by atoms with van der Waals surface area (Å²) in [5, 5.41) is 7.03. The highest BCUT2D eigenvalue weighted by Gasteiger charge is 2.12. The number of carbonyl (C=O) groups is 2. The van der Waals surface area contributed by atoms with Crippen LogP contribution in [-0.4, -0.2) is 28.6 Å². The lowest BCUT2D eigenvalue weighted by Gasteiger charge is -2.05. The van der Waals surface area contributed by atoms with Crippen LogP contribution >= 0.6 is 11.6 Å². The van der Waals surface area contributed by atoms with Gasteiger partial charge in [-0.25, -0.2) is 4.39 Å². The van der Waals surface area contributed by atoms with E-state index in [4.69, 9.17) is 20.9 Å². The summed E-state index contributed by atoms with van der Waals surface area (Å²) >= 11 is 5.78. The van der Waals surface area contributed by atoms with Gasteiger partial charge >= 0.3 is 5.97 Å². The van der Waals surface area contributed by atoms with Crippen LogP contribution in [0.25, 0.3) is 11.4 Å². The zero-order valence-electron chi connectivity index (χ0n) is 15.2. The molecule has 29 heavy (non-hydrogen) atoms. The van der Waals surface area contributed by atoms with Crippen LogP contribution in [0.3, 0.4) is 0 Å². The van der Waals surface area contributed by atoms with Gasteiger partial charge in [-0.2, -0.15) is 4.98 Å². The first-order valence-electron chi connectivity index (χ1n) is 8.79. The van der Waals surface area contributed by atoms with E-state index < -0.39 is 5.97 Å². The van der Waals surface area contributed by atoms with E-state index in [0.29, 0.717) is 29.1 Å². The Morgan fingerprint density at radius 2 is 1.83 bits per heavy atom. The fraction of sp³-hybridized carbons (Fsp3) is 0.200. The van der Waals surface area contributed by atoms with Crippen LogP contribution in [-0.2, 0) is 16.1 Å². The van der Waals surface area contributed by atoms with Crippen molar-refractivity contribution in [2.45, 2.75) is 19.4 Å². The maximum absolute atomic E-state index is 12.9. The molecular formula is C20H17ClFN3O4. The van der Waals surface area contributed by atoms with Gasteiger partial charge in [-0.1, -0.05) is 16.8 Å². The second-order valence-corrected chi connectivity index (χ2v) is 6.48. The molecule has 7 nitrogen and oxygen atoms in total. The molecule has 2 aromatic carbocycles. The van der Waals surface area contributed by atoms with Gasteiger partial charge in [-0.15, -0.1) is 0 Å². The Hall–Kier alpha value is -3.26. The molecule has 0 saturated heterocycles. The Bertz CT molecular complexity index is 974. The van der Waals surface area contributed by atoms with E-state index in [1.807, 2.05) is 0 Å². The summed E-state index contributed by atoms with van der Waals surface area (Å²) in [4.78, 5) is 27.8. The first kappa shape index (κ1) is 20.5. The first-order valence-corrected chi connectivity index (χ1v) is 9.17. The standard InChI is InChI=1S/C20H17ClFN3O4/c21-15-7-3-14(4-8-15)20(27)23-11-1-2-18(26)28-12-17-24-19(25-29-17)13-5-9-16(22)10-6-13/h3-10H,1-2,11-12H2,(H,23,27). The highest BCUT2D eigenvalue weighted by molar-refractivity contribution is 6.30. The number of esters is 1. The Balaban J connectivity index is 1.36. The lowest BCUT2D eigenvalue weighted by atomic mass is 10.2. The molecule has 0 aliphatic rings. The van der Waals surface area contributed by atoms with E-state index in [-0.39, 0.29) is 36.5 Å². The van der Waals surface area contributed by atoms with Gasteiger partial charge in [0.05, 0.1) is 0 Å². The molecule has 0 saturated carbocycles. The Labute approximate surface area is 170 Å². The van der Waals surface area contributed by atoms with E-state index >= 15 is 0 Å². The second-order valence-electron chi connectivity index (χ2n) is 6.05. The average Bonchev–Trinajstić information content (AvgIpc) is 3.19. The van der Waals surface area contributed by atoms with Crippen molar-refractivity contribution in [3.05, 3.63) is 70.8 Å². The number of aromatic nitrogens is 2. The van der Waals surface area contributed by atoms with Crippen molar-refractivity contribution >= 4 is 23.5 Å². The van der Waals surface area contributed by atoms with Crippen molar-refractivity contribution in [1.82, 2.24) is 15.5 Å². The molecule has 0 spiro atoms. The van der Waals surface area contributed by atoms with Gasteiger partial charge in [0.25, 0.3) is 11.8 Å². The molecule has 1 aromatic heterocycles. The Kier molecular flexibility index (Phi) is 6.91. The minimum absolute atomic E-state index is 0.125. The molecule has 1 N–H and O–H groups in total. The molecule has 1 amide bonds. The number of halogens is 2. The normalized spacial score (nSPS) is 10.6. The van der Waals surface area contributed by atoms with Gasteiger partial charge in [0.2, 0.25) is 5.82 Å². The Morgan fingerprint density at radius 1 is 1.10 bits per heavy atom. The summed E-state index contributed by atoms with van der Waals surface area (Å²) < 4.78 is 23.0. The van der Waals surface area contributed by atoms with Gasteiger partial charge < -0.3 is 14.6 Å². The monoisotopic (exact) mass is 417 g/mol. The fourth-order valence-electron chi connectivity index (χ4n) is 2.38. The number of rotatable bonds is 8. The zero-order valence-corrected chi connectivity index (χ0v) is 16.0. The molecule has 3 aromatic rings. The number of amides is 1. The van der Waals surface area contributed by atoms with Gasteiger partial charge in [0.15, 0.2) is 6.61 Å². The summed E-state index contributed by atoms with van der Waals surface area (Å²) in [7, 11) is 0. The topological polar surface area (TPSA) is 94.3 Å². The lowest BCUT2D eigenvalue weighted by molar-refractivity contribution is -0.145. The second kappa shape index (κ2) is 9.79. The molecule has 3 rings (SSSR count). The van der Waals surface area contributed by atoms with Crippen LogP contribution in [0.15, 0.2) is 53.1 Å². The molecule has 0 fully saturated rings. The average molecular weight is 418 g/mol. The van der Waals surface area contributed by atoms with Crippen LogP contribution in [0.2, 0.25) is 5.02 Å². The van der Waals surface area contributed by atoms with Crippen LogP contribution in [0.1, 0.15) is 29.1 Å². The van der Waals surface area contributed by atoms with Crippen LogP contribution < -0.4 is 5.32 Å². The summed E-state index contributed by atoms with van der Waals surface area (Å²) in [6, 6.07) is 12.1. The van der Waals surface area contributed by atoms with Gasteiger partial charge in [0, 0.05) is 29.1 Å². The minimum Gasteiger partial charge on any atom is -0.456 e. The molecule has 9 heteroatoms. The fourth-order valence-corrected chi connectivity index (χ4v) is 2.51. The molecule has 0 radical (unpaired) electrons. The van der Waals surface area contributed by atoms with Crippen molar-refractivity contribution in [2.75, 3.05) is 6.54 Å². The maximum atomic E-state index is 12.9. The molecule has 0 unspecified atom stereocenters. The van der Waals surface area contributed by atoms with E-state index in [2.05, 4.69) is 15.5 Å². The molecule has 0 atom stereocenters. The van der Waals surface area contributed by atoms with E-state index in [9.17, 15) is 14.0 Å². The number of ether oxygens (including phenoxy) is 1. The van der Waals surface area contributed by atoms with Crippen LogP contribution in [0, 0.1) is 5.82 Å². The number of nitrogens with zero attached hydrogens (tertiary/aromatic N) is 2. The number of hydrogen-bond donors (Lipinski definition) is 1. The van der Waals surface area contributed by atoms with E-state index in [0.717, 1.165) is 0 Å². The predicted molar refractivity (Wildman–Crippen MR) is 103 cm³/mol. The first-order chi connectivity index (χ1) is 14.0. The molecule has 0 bridgehead atoms. The van der Waals surface area contributed by atoms with Gasteiger partial charge in [0.1, 0.15) is 5.82 Å². The van der Waals surface area contributed by atoms with Crippen LogP contribution in [0.4, 0.5) is 4.39 Å². The summed E-state index contributed by atoms with van der Waals surface area (Å²) in [6.45, 7) is 0.163. The van der Waals surface area contributed by atoms with Crippen molar-refractivity contribution in [3.63, 3.8) is 0 Å². The largest absolute Gasteiger partial charge is 0.456 e. The number of carbonyl (C=O) groups excluding carboxylic acids is 2. The third-order valence-corrected chi connectivity index (χ3v) is 4.13. The molecular weight excluding hydrogens is 401 g/mol. The summed E-state index contributed by atoms with van der Waals surface area (Å²) in [6.07, 6.45) is 0.544. The predicted octanol–water partition coefficient (Wildman–Crippen LogP) is 3.78. The van der Waals surface area contributed by atoms with Gasteiger partial charge in [-0.05, 0) is 55.0 Å². The van der Waals surface area contributed by atoms with Crippen molar-refractivity contribution < 1.29 is 23.2 Å². The number of nitrogens with one attached hydrogen (secondary N) is 1. The highest BCUT2D eigenvalue weighted by atomic mass is 35.5. The van der Waals surface area contributed by atoms with E-state index in [1.165, 1.54) is 24.3 Å². The number of benzene rings is 2. The molecule has 0 aliphatic heterocycles.